The minimum atomic E-state index is 0. The third kappa shape index (κ3) is 7.74. The minimum absolute atomic E-state index is 0. The van der Waals surface area contributed by atoms with Crippen LogP contribution in [0.2, 0.25) is 0 Å². The Hall–Kier alpha value is -1.20. The Morgan fingerprint density at radius 1 is 1.11 bits per heavy atom. The van der Waals surface area contributed by atoms with Crippen LogP contribution in [-0.2, 0) is 19.6 Å². The molecule has 0 aromatic carbocycles. The number of halogens is 3. The number of nitrogen functional groups attached to an aromatic ring is 1. The number of azo groups is 1. The molecule has 6 N–H and O–H groups in total. The van der Waals surface area contributed by atoms with Gasteiger partial charge >= 0.3 is 5.95 Å². The van der Waals surface area contributed by atoms with Gasteiger partial charge in [-0.25, -0.2) is 13.8 Å². The Balaban J connectivity index is 0. The number of hydrogen-bond donors (Lipinski definition) is 3. The highest BCUT2D eigenvalue weighted by atomic mass is 79.9. The van der Waals surface area contributed by atoms with Crippen molar-refractivity contribution < 1.29 is 21.5 Å². The fraction of sp³-hybridized carbons (Fsp3) is 0.600. The third-order valence-electron chi connectivity index (χ3n) is 3.69. The second-order valence-corrected chi connectivity index (χ2v) is 5.61. The standard InChI is InChI=1S/C15H27N9.BrH.2ClH/c1-2-7-22-10-11-23(8-3-5-16)15(22)21-20-13-12-19-24(14(13)18)9-4-6-17;;;/h10-12,18H,2-9,16-17H2,1H3;3*1H. The topological polar surface area (TPSA) is 129 Å². The first-order valence-electron chi connectivity index (χ1n) is 8.43. The van der Waals surface area contributed by atoms with E-state index in [2.05, 4.69) is 31.4 Å². The highest BCUT2D eigenvalue weighted by Gasteiger charge is 2.17. The maximum Gasteiger partial charge on any atom is 0.421 e. The average molecular weight is 487 g/mol. The number of aryl methyl sites for hydroxylation is 3. The van der Waals surface area contributed by atoms with Crippen molar-refractivity contribution in [3.05, 3.63) is 18.6 Å². The van der Waals surface area contributed by atoms with Crippen LogP contribution in [0.1, 0.15) is 26.2 Å². The summed E-state index contributed by atoms with van der Waals surface area (Å²) in [6.45, 7) is 5.75. The zero-order valence-corrected chi connectivity index (χ0v) is 18.7. The summed E-state index contributed by atoms with van der Waals surface area (Å²) in [6, 6.07) is 0. The molecule has 0 aliphatic rings. The number of hydrogen-bond acceptors (Lipinski definition) is 6. The average Bonchev–Trinajstić information content (AvgIpc) is 3.13. The lowest BCUT2D eigenvalue weighted by atomic mass is 10.4. The van der Waals surface area contributed by atoms with E-state index in [4.69, 9.17) is 17.2 Å². The molecule has 0 saturated carbocycles. The van der Waals surface area contributed by atoms with Crippen molar-refractivity contribution >= 4 is 42.3 Å². The largest absolute Gasteiger partial charge is 1.00 e. The summed E-state index contributed by atoms with van der Waals surface area (Å²) in [7, 11) is 0. The quantitative estimate of drug-likeness (QED) is 0.291. The predicted octanol–water partition coefficient (Wildman–Crippen LogP) is -1.08. The first-order valence-corrected chi connectivity index (χ1v) is 8.43. The van der Waals surface area contributed by atoms with E-state index in [9.17, 15) is 0 Å². The van der Waals surface area contributed by atoms with Gasteiger partial charge in [-0.2, -0.15) is 5.10 Å². The number of anilines is 1. The molecular weight excluding hydrogens is 457 g/mol. The number of rotatable bonds is 10. The molecule has 2 rings (SSSR count). The molecule has 0 aliphatic heterocycles. The minimum Gasteiger partial charge on any atom is -1.00 e. The van der Waals surface area contributed by atoms with Gasteiger partial charge in [-0.15, -0.1) is 24.8 Å². The van der Waals surface area contributed by atoms with E-state index in [0.29, 0.717) is 31.1 Å². The number of nitrogens with zero attached hydrogens (tertiary/aromatic N) is 6. The Labute approximate surface area is 183 Å². The lowest BCUT2D eigenvalue weighted by Gasteiger charge is -2.01. The van der Waals surface area contributed by atoms with Crippen molar-refractivity contribution in [2.45, 2.75) is 45.8 Å². The van der Waals surface area contributed by atoms with Crippen LogP contribution in [0.5, 0.6) is 0 Å². The van der Waals surface area contributed by atoms with E-state index in [0.717, 1.165) is 38.3 Å². The highest BCUT2D eigenvalue weighted by Crippen LogP contribution is 2.23. The van der Waals surface area contributed by atoms with Gasteiger partial charge in [0.1, 0.15) is 0 Å². The zero-order valence-electron chi connectivity index (χ0n) is 15.5. The van der Waals surface area contributed by atoms with Crippen LogP contribution in [0.15, 0.2) is 28.8 Å². The van der Waals surface area contributed by atoms with Crippen LogP contribution in [-0.4, -0.2) is 27.4 Å². The lowest BCUT2D eigenvalue weighted by Crippen LogP contribution is -3.00. The molecule has 9 nitrogen and oxygen atoms in total. The summed E-state index contributed by atoms with van der Waals surface area (Å²) < 4.78 is 5.84. The van der Waals surface area contributed by atoms with Crippen LogP contribution in [0.3, 0.4) is 0 Å². The first kappa shape index (κ1) is 28.0. The summed E-state index contributed by atoms with van der Waals surface area (Å²) in [4.78, 5) is 0. The van der Waals surface area contributed by atoms with Crippen molar-refractivity contribution in [2.75, 3.05) is 18.8 Å². The van der Waals surface area contributed by atoms with Gasteiger partial charge in [-0.1, -0.05) is 12.0 Å². The van der Waals surface area contributed by atoms with Crippen LogP contribution in [0.25, 0.3) is 0 Å². The van der Waals surface area contributed by atoms with Gasteiger partial charge in [0, 0.05) is 11.7 Å². The summed E-state index contributed by atoms with van der Waals surface area (Å²) in [5.74, 6) is 1.30. The first-order chi connectivity index (χ1) is 11.7. The van der Waals surface area contributed by atoms with Crippen molar-refractivity contribution in [3.8, 4) is 0 Å². The Bertz CT molecular complexity index is 672. The second kappa shape index (κ2) is 14.8. The van der Waals surface area contributed by atoms with Crippen molar-refractivity contribution in [3.63, 3.8) is 0 Å². The van der Waals surface area contributed by atoms with Crippen LogP contribution in [0.4, 0.5) is 17.5 Å². The molecule has 0 spiro atoms. The summed E-state index contributed by atoms with van der Waals surface area (Å²) in [5, 5.41) is 13.0. The van der Waals surface area contributed by atoms with E-state index in [1.54, 1.807) is 10.9 Å². The fourth-order valence-electron chi connectivity index (χ4n) is 2.41. The summed E-state index contributed by atoms with van der Waals surface area (Å²) in [6.07, 6.45) is 8.39. The van der Waals surface area contributed by atoms with Crippen LogP contribution >= 0.6 is 24.8 Å². The van der Waals surface area contributed by atoms with E-state index in [1.807, 2.05) is 12.4 Å². The van der Waals surface area contributed by atoms with Gasteiger partial charge in [0.25, 0.3) is 0 Å². The maximum absolute atomic E-state index is 6.07. The van der Waals surface area contributed by atoms with Crippen molar-refractivity contribution in [1.82, 2.24) is 14.3 Å². The molecule has 2 aromatic rings. The molecule has 2 heterocycles. The van der Waals surface area contributed by atoms with E-state index in [-0.39, 0.29) is 41.8 Å². The molecular formula is C15H30BrCl2N9. The Morgan fingerprint density at radius 2 is 1.81 bits per heavy atom. The van der Waals surface area contributed by atoms with Crippen LogP contribution < -0.4 is 38.7 Å². The fourth-order valence-corrected chi connectivity index (χ4v) is 2.41. The summed E-state index contributed by atoms with van der Waals surface area (Å²) in [5.41, 5.74) is 17.8. The molecule has 0 amide bonds. The Kier molecular flexibility index (Phi) is 15.4. The normalized spacial score (nSPS) is 10.3. The molecule has 0 fully saturated rings. The lowest BCUT2D eigenvalue weighted by molar-refractivity contribution is -0.683. The van der Waals surface area contributed by atoms with Gasteiger partial charge < -0.3 is 34.2 Å². The zero-order chi connectivity index (χ0) is 17.4. The maximum atomic E-state index is 6.07. The van der Waals surface area contributed by atoms with Gasteiger partial charge in [0.2, 0.25) is 0 Å². The van der Waals surface area contributed by atoms with Gasteiger partial charge in [0.05, 0.1) is 31.7 Å². The number of imidazole rings is 1. The molecule has 12 heteroatoms. The van der Waals surface area contributed by atoms with Gasteiger partial charge in [-0.05, 0) is 32.4 Å². The molecule has 2 aromatic heterocycles. The monoisotopic (exact) mass is 485 g/mol. The third-order valence-corrected chi connectivity index (χ3v) is 3.69. The molecule has 0 atom stereocenters. The number of aromatic nitrogens is 4. The Morgan fingerprint density at radius 3 is 2.44 bits per heavy atom. The van der Waals surface area contributed by atoms with E-state index in [1.165, 1.54) is 0 Å². The molecule has 156 valence electrons. The number of nitrogens with two attached hydrogens (primary N) is 3. The highest BCUT2D eigenvalue weighted by molar-refractivity contribution is 5.85. The van der Waals surface area contributed by atoms with Gasteiger partial charge in [-0.3, -0.25) is 0 Å². The van der Waals surface area contributed by atoms with Gasteiger partial charge in [0.15, 0.2) is 11.5 Å². The summed E-state index contributed by atoms with van der Waals surface area (Å²) >= 11 is 0. The molecule has 0 radical (unpaired) electrons. The van der Waals surface area contributed by atoms with Crippen molar-refractivity contribution in [2.24, 2.45) is 21.7 Å². The molecule has 0 unspecified atom stereocenters. The second-order valence-electron chi connectivity index (χ2n) is 5.61. The van der Waals surface area contributed by atoms with Crippen LogP contribution in [0, 0.1) is 0 Å². The molecule has 0 bridgehead atoms. The molecule has 0 aliphatic carbocycles. The van der Waals surface area contributed by atoms with E-state index < -0.39 is 0 Å². The molecule has 0 saturated heterocycles. The molecule has 27 heavy (non-hydrogen) atoms. The predicted molar refractivity (Wildman–Crippen MR) is 108 cm³/mol. The smallest absolute Gasteiger partial charge is 0.421 e. The SMILES string of the molecule is CCCn1cc[n+](CCCN)c1/N=N/c1cnn(CCCN)c1N.Cl.Cl.[Br-]. The van der Waals surface area contributed by atoms with Crippen molar-refractivity contribution in [1.29, 1.82) is 0 Å². The van der Waals surface area contributed by atoms with E-state index >= 15 is 0 Å².